The summed E-state index contributed by atoms with van der Waals surface area (Å²) < 4.78 is 1.65. The molecule has 0 unspecified atom stereocenters. The van der Waals surface area contributed by atoms with Crippen molar-refractivity contribution in [2.75, 3.05) is 0 Å². The zero-order chi connectivity index (χ0) is 10.7. The average Bonchev–Trinajstić information content (AvgIpc) is 2.69. The van der Waals surface area contributed by atoms with Gasteiger partial charge in [0, 0.05) is 18.8 Å². The van der Waals surface area contributed by atoms with Crippen LogP contribution in [0.15, 0.2) is 37.4 Å². The first-order valence-electron chi connectivity index (χ1n) is 4.74. The molecule has 0 saturated carbocycles. The molecule has 0 aliphatic heterocycles. The Labute approximate surface area is 87.3 Å². The maximum absolute atomic E-state index is 11.7. The van der Waals surface area contributed by atoms with Gasteiger partial charge in [0.2, 0.25) is 0 Å². The predicted octanol–water partition coefficient (Wildman–Crippen LogP) is 1.88. The molecule has 0 aliphatic rings. The number of fused-ring (bicyclic) bond motifs is 1. The van der Waals surface area contributed by atoms with Gasteiger partial charge in [-0.2, -0.15) is 5.10 Å². The largest absolute Gasteiger partial charge is 0.294 e. The van der Waals surface area contributed by atoms with Gasteiger partial charge in [-0.15, -0.1) is 6.58 Å². The van der Waals surface area contributed by atoms with Crippen molar-refractivity contribution < 1.29 is 4.79 Å². The molecule has 15 heavy (non-hydrogen) atoms. The van der Waals surface area contributed by atoms with Crippen LogP contribution in [0, 0.1) is 0 Å². The molecule has 0 spiro atoms. The molecule has 0 bridgehead atoms. The number of hydrogen-bond donors (Lipinski definition) is 0. The molecule has 76 valence electrons. The van der Waals surface area contributed by atoms with E-state index in [1.54, 1.807) is 35.4 Å². The van der Waals surface area contributed by atoms with Crippen molar-refractivity contribution in [2.45, 2.75) is 12.8 Å². The van der Waals surface area contributed by atoms with Crippen LogP contribution in [-0.4, -0.2) is 20.4 Å². The van der Waals surface area contributed by atoms with Gasteiger partial charge in [0.1, 0.15) is 0 Å². The van der Waals surface area contributed by atoms with E-state index in [4.69, 9.17) is 0 Å². The van der Waals surface area contributed by atoms with Crippen LogP contribution >= 0.6 is 0 Å². The van der Waals surface area contributed by atoms with Crippen LogP contribution in [0.25, 0.3) is 5.52 Å². The highest BCUT2D eigenvalue weighted by Crippen LogP contribution is 2.12. The summed E-state index contributed by atoms with van der Waals surface area (Å²) in [6.07, 6.45) is 9.49. The summed E-state index contributed by atoms with van der Waals surface area (Å²) >= 11 is 0. The van der Waals surface area contributed by atoms with Crippen molar-refractivity contribution in [3.8, 4) is 0 Å². The third kappa shape index (κ3) is 1.79. The van der Waals surface area contributed by atoms with E-state index < -0.39 is 0 Å². The van der Waals surface area contributed by atoms with E-state index in [1.165, 1.54) is 0 Å². The van der Waals surface area contributed by atoms with E-state index in [1.807, 2.05) is 0 Å². The number of carbonyl (C=O) groups excluding carboxylic acids is 1. The summed E-state index contributed by atoms with van der Waals surface area (Å²) in [5.74, 6) is 0.0814. The van der Waals surface area contributed by atoms with Crippen molar-refractivity contribution in [3.63, 3.8) is 0 Å². The number of ketones is 1. The minimum Gasteiger partial charge on any atom is -0.294 e. The van der Waals surface area contributed by atoms with E-state index >= 15 is 0 Å². The lowest BCUT2D eigenvalue weighted by molar-refractivity contribution is 0.0985. The molecule has 0 radical (unpaired) electrons. The molecule has 2 heterocycles. The molecular formula is C11H11N3O. The second-order valence-electron chi connectivity index (χ2n) is 3.21. The molecule has 2 rings (SSSR count). The Balaban J connectivity index is 2.35. The first-order chi connectivity index (χ1) is 7.33. The third-order valence-corrected chi connectivity index (χ3v) is 2.20. The van der Waals surface area contributed by atoms with Crippen LogP contribution in [0.3, 0.4) is 0 Å². The van der Waals surface area contributed by atoms with Gasteiger partial charge < -0.3 is 0 Å². The molecule has 0 N–H and O–H groups in total. The van der Waals surface area contributed by atoms with Crippen LogP contribution in [0.1, 0.15) is 23.2 Å². The molecule has 0 atom stereocenters. The summed E-state index contributed by atoms with van der Waals surface area (Å²) in [7, 11) is 0. The molecule has 0 saturated heterocycles. The SMILES string of the molecule is C=CCCC(=O)c1cnn2ccncc12. The first-order valence-corrected chi connectivity index (χ1v) is 4.74. The minimum atomic E-state index is 0.0814. The summed E-state index contributed by atoms with van der Waals surface area (Å²) in [4.78, 5) is 15.7. The lowest BCUT2D eigenvalue weighted by Crippen LogP contribution is -1.97. The lowest BCUT2D eigenvalue weighted by atomic mass is 10.1. The number of allylic oxidation sites excluding steroid dienone is 1. The Bertz CT molecular complexity index is 501. The fraction of sp³-hybridized carbons (Fsp3) is 0.182. The van der Waals surface area contributed by atoms with E-state index in [0.717, 1.165) is 5.52 Å². The van der Waals surface area contributed by atoms with Gasteiger partial charge in [-0.1, -0.05) is 6.08 Å². The monoisotopic (exact) mass is 201 g/mol. The Hall–Kier alpha value is -1.97. The van der Waals surface area contributed by atoms with Crippen LogP contribution < -0.4 is 0 Å². The molecule has 0 aromatic carbocycles. The van der Waals surface area contributed by atoms with Crippen LogP contribution in [-0.2, 0) is 0 Å². The zero-order valence-corrected chi connectivity index (χ0v) is 8.26. The van der Waals surface area contributed by atoms with Crippen molar-refractivity contribution in [1.82, 2.24) is 14.6 Å². The average molecular weight is 201 g/mol. The standard InChI is InChI=1S/C11H11N3O/c1-2-3-4-11(15)9-7-13-14-6-5-12-8-10(9)14/h2,5-8H,1,3-4H2. The zero-order valence-electron chi connectivity index (χ0n) is 8.26. The third-order valence-electron chi connectivity index (χ3n) is 2.20. The maximum Gasteiger partial charge on any atom is 0.167 e. The lowest BCUT2D eigenvalue weighted by Gasteiger charge is -1.95. The van der Waals surface area contributed by atoms with Crippen molar-refractivity contribution in [1.29, 1.82) is 0 Å². The van der Waals surface area contributed by atoms with Gasteiger partial charge >= 0.3 is 0 Å². The summed E-state index contributed by atoms with van der Waals surface area (Å²) in [6.45, 7) is 3.59. The second kappa shape index (κ2) is 4.04. The molecule has 4 heteroatoms. The van der Waals surface area contributed by atoms with Gasteiger partial charge in [0.25, 0.3) is 0 Å². The Morgan fingerprint density at radius 3 is 3.20 bits per heavy atom. The summed E-state index contributed by atoms with van der Waals surface area (Å²) in [5.41, 5.74) is 1.39. The van der Waals surface area contributed by atoms with E-state index in [-0.39, 0.29) is 5.78 Å². The van der Waals surface area contributed by atoms with Crippen molar-refractivity contribution in [2.24, 2.45) is 0 Å². The molecule has 4 nitrogen and oxygen atoms in total. The highest BCUT2D eigenvalue weighted by molar-refractivity contribution is 6.01. The Morgan fingerprint density at radius 1 is 1.53 bits per heavy atom. The van der Waals surface area contributed by atoms with Gasteiger partial charge in [0.05, 0.1) is 23.5 Å². The Kier molecular flexibility index (Phi) is 2.58. The topological polar surface area (TPSA) is 47.3 Å². The summed E-state index contributed by atoms with van der Waals surface area (Å²) in [5, 5.41) is 4.08. The summed E-state index contributed by atoms with van der Waals surface area (Å²) in [6, 6.07) is 0. The molecule has 0 fully saturated rings. The smallest absolute Gasteiger partial charge is 0.167 e. The van der Waals surface area contributed by atoms with E-state index in [9.17, 15) is 4.79 Å². The molecule has 0 aliphatic carbocycles. The van der Waals surface area contributed by atoms with Crippen LogP contribution in [0.2, 0.25) is 0 Å². The fourth-order valence-corrected chi connectivity index (χ4v) is 1.42. The number of carbonyl (C=O) groups is 1. The fourth-order valence-electron chi connectivity index (χ4n) is 1.42. The number of aromatic nitrogens is 3. The van der Waals surface area contributed by atoms with E-state index in [0.29, 0.717) is 18.4 Å². The molecular weight excluding hydrogens is 190 g/mol. The molecule has 2 aromatic rings. The number of nitrogens with zero attached hydrogens (tertiary/aromatic N) is 3. The number of rotatable bonds is 4. The van der Waals surface area contributed by atoms with Gasteiger partial charge in [-0.3, -0.25) is 9.78 Å². The van der Waals surface area contributed by atoms with Gasteiger partial charge in [-0.25, -0.2) is 4.52 Å². The molecule has 2 aromatic heterocycles. The first kappa shape index (κ1) is 9.58. The van der Waals surface area contributed by atoms with Crippen LogP contribution in [0.4, 0.5) is 0 Å². The quantitative estimate of drug-likeness (QED) is 0.560. The predicted molar refractivity (Wildman–Crippen MR) is 56.7 cm³/mol. The van der Waals surface area contributed by atoms with Crippen LogP contribution in [0.5, 0.6) is 0 Å². The normalized spacial score (nSPS) is 10.4. The highest BCUT2D eigenvalue weighted by Gasteiger charge is 2.11. The van der Waals surface area contributed by atoms with Crippen molar-refractivity contribution in [3.05, 3.63) is 43.0 Å². The van der Waals surface area contributed by atoms with Gasteiger partial charge in [0.15, 0.2) is 5.78 Å². The minimum absolute atomic E-state index is 0.0814. The highest BCUT2D eigenvalue weighted by atomic mass is 16.1. The Morgan fingerprint density at radius 2 is 2.40 bits per heavy atom. The van der Waals surface area contributed by atoms with Gasteiger partial charge in [-0.05, 0) is 6.42 Å². The maximum atomic E-state index is 11.7. The number of hydrogen-bond acceptors (Lipinski definition) is 3. The van der Waals surface area contributed by atoms with E-state index in [2.05, 4.69) is 16.7 Å². The molecule has 0 amide bonds. The number of Topliss-reactive ketones (excluding diaryl/α,β-unsaturated/α-hetero) is 1. The second-order valence-corrected chi connectivity index (χ2v) is 3.21. The van der Waals surface area contributed by atoms with Crippen molar-refractivity contribution >= 4 is 11.3 Å².